The van der Waals surface area contributed by atoms with Crippen LogP contribution in [0, 0.1) is 16.0 Å². The van der Waals surface area contributed by atoms with Gasteiger partial charge >= 0.3 is 5.69 Å². The van der Waals surface area contributed by atoms with Crippen LogP contribution in [0.2, 0.25) is 0 Å². The first-order valence-corrected chi connectivity index (χ1v) is 6.17. The third-order valence-corrected chi connectivity index (χ3v) is 3.39. The molecule has 0 aliphatic heterocycles. The van der Waals surface area contributed by atoms with Crippen molar-refractivity contribution in [2.24, 2.45) is 5.92 Å². The van der Waals surface area contributed by atoms with Crippen molar-refractivity contribution in [1.29, 1.82) is 0 Å². The van der Waals surface area contributed by atoms with E-state index in [4.69, 9.17) is 0 Å². The normalized spacial score (nSPS) is 23.6. The molecule has 0 saturated heterocycles. The minimum Gasteiger partial charge on any atom is -0.393 e. The fourth-order valence-corrected chi connectivity index (χ4v) is 2.28. The Hall–Kier alpha value is -1.69. The van der Waals surface area contributed by atoms with Gasteiger partial charge in [0.05, 0.1) is 11.0 Å². The number of hydrogen-bond acceptors (Lipinski definition) is 5. The molecule has 2 rings (SSSR count). The van der Waals surface area contributed by atoms with E-state index in [0.29, 0.717) is 18.2 Å². The molecule has 1 aromatic heterocycles. The van der Waals surface area contributed by atoms with Crippen molar-refractivity contribution < 1.29 is 10.0 Å². The van der Waals surface area contributed by atoms with Gasteiger partial charge in [-0.05, 0) is 37.7 Å². The number of hydrogen-bond donors (Lipinski definition) is 2. The van der Waals surface area contributed by atoms with Crippen molar-refractivity contribution in [3.8, 4) is 0 Å². The number of nitrogens with zero attached hydrogens (tertiary/aromatic N) is 2. The fourth-order valence-electron chi connectivity index (χ4n) is 2.28. The van der Waals surface area contributed by atoms with Crippen LogP contribution in [0.15, 0.2) is 18.5 Å². The van der Waals surface area contributed by atoms with Crippen molar-refractivity contribution in [1.82, 2.24) is 4.98 Å². The summed E-state index contributed by atoms with van der Waals surface area (Å²) >= 11 is 0. The van der Waals surface area contributed by atoms with E-state index < -0.39 is 4.92 Å². The molecule has 1 fully saturated rings. The predicted octanol–water partition coefficient (Wildman–Crippen LogP) is 1.95. The second-order valence-corrected chi connectivity index (χ2v) is 4.71. The molecule has 6 nitrogen and oxygen atoms in total. The monoisotopic (exact) mass is 251 g/mol. The fraction of sp³-hybridized carbons (Fsp3) is 0.583. The Bertz CT molecular complexity index is 417. The maximum Gasteiger partial charge on any atom is 0.310 e. The molecule has 6 heteroatoms. The van der Waals surface area contributed by atoms with Gasteiger partial charge < -0.3 is 10.4 Å². The Morgan fingerprint density at radius 1 is 1.44 bits per heavy atom. The SMILES string of the molecule is O=[N+]([O-])c1cnccc1NCC1CCC(O)CC1. The van der Waals surface area contributed by atoms with Crippen molar-refractivity contribution in [3.05, 3.63) is 28.6 Å². The lowest BCUT2D eigenvalue weighted by Crippen LogP contribution is -2.23. The van der Waals surface area contributed by atoms with E-state index in [-0.39, 0.29) is 11.8 Å². The molecule has 0 bridgehead atoms. The van der Waals surface area contributed by atoms with Crippen LogP contribution in [0.3, 0.4) is 0 Å². The largest absolute Gasteiger partial charge is 0.393 e. The number of nitrogens with one attached hydrogen (secondary N) is 1. The molecule has 1 saturated carbocycles. The number of nitro groups is 1. The number of aliphatic hydroxyl groups is 1. The molecule has 0 spiro atoms. The molecule has 1 aliphatic carbocycles. The van der Waals surface area contributed by atoms with Crippen LogP contribution in [-0.4, -0.2) is 27.7 Å². The molecule has 2 N–H and O–H groups in total. The predicted molar refractivity (Wildman–Crippen MR) is 67.3 cm³/mol. The van der Waals surface area contributed by atoms with E-state index in [1.165, 1.54) is 6.20 Å². The number of pyridine rings is 1. The van der Waals surface area contributed by atoms with Crippen LogP contribution < -0.4 is 5.32 Å². The van der Waals surface area contributed by atoms with Gasteiger partial charge in [-0.25, -0.2) is 0 Å². The van der Waals surface area contributed by atoms with Crippen LogP contribution in [0.1, 0.15) is 25.7 Å². The van der Waals surface area contributed by atoms with Gasteiger partial charge in [-0.15, -0.1) is 0 Å². The number of aromatic nitrogens is 1. The first-order chi connectivity index (χ1) is 8.66. The third kappa shape index (κ3) is 3.16. The lowest BCUT2D eigenvalue weighted by molar-refractivity contribution is -0.384. The summed E-state index contributed by atoms with van der Waals surface area (Å²) in [6.07, 6.45) is 6.21. The smallest absolute Gasteiger partial charge is 0.310 e. The van der Waals surface area contributed by atoms with Gasteiger partial charge in [0.25, 0.3) is 0 Å². The first kappa shape index (κ1) is 12.8. The highest BCUT2D eigenvalue weighted by molar-refractivity contribution is 5.59. The van der Waals surface area contributed by atoms with E-state index in [9.17, 15) is 15.2 Å². The molecule has 0 amide bonds. The summed E-state index contributed by atoms with van der Waals surface area (Å²) in [5, 5.41) is 23.3. The van der Waals surface area contributed by atoms with Crippen molar-refractivity contribution in [2.45, 2.75) is 31.8 Å². The number of aliphatic hydroxyl groups excluding tert-OH is 1. The maximum atomic E-state index is 10.8. The molecule has 0 unspecified atom stereocenters. The highest BCUT2D eigenvalue weighted by Crippen LogP contribution is 2.26. The zero-order valence-electron chi connectivity index (χ0n) is 10.1. The van der Waals surface area contributed by atoms with E-state index in [0.717, 1.165) is 25.7 Å². The van der Waals surface area contributed by atoms with E-state index in [1.807, 2.05) is 0 Å². The van der Waals surface area contributed by atoms with E-state index in [2.05, 4.69) is 10.3 Å². The molecule has 0 atom stereocenters. The quantitative estimate of drug-likeness (QED) is 0.630. The van der Waals surface area contributed by atoms with E-state index in [1.54, 1.807) is 12.3 Å². The van der Waals surface area contributed by atoms with Gasteiger partial charge in [0, 0.05) is 12.7 Å². The second kappa shape index (κ2) is 5.77. The van der Waals surface area contributed by atoms with Gasteiger partial charge in [0.2, 0.25) is 0 Å². The summed E-state index contributed by atoms with van der Waals surface area (Å²) in [7, 11) is 0. The average molecular weight is 251 g/mol. The topological polar surface area (TPSA) is 88.3 Å². The van der Waals surface area contributed by atoms with Crippen molar-refractivity contribution in [2.75, 3.05) is 11.9 Å². The molecular formula is C12H17N3O3. The highest BCUT2D eigenvalue weighted by atomic mass is 16.6. The van der Waals surface area contributed by atoms with E-state index >= 15 is 0 Å². The molecule has 0 aromatic carbocycles. The van der Waals surface area contributed by atoms with Crippen LogP contribution in [0.25, 0.3) is 0 Å². The summed E-state index contributed by atoms with van der Waals surface area (Å²) in [4.78, 5) is 14.1. The van der Waals surface area contributed by atoms with Crippen LogP contribution >= 0.6 is 0 Å². The summed E-state index contributed by atoms with van der Waals surface area (Å²) in [6, 6.07) is 1.62. The summed E-state index contributed by atoms with van der Waals surface area (Å²) in [5.41, 5.74) is 0.523. The molecule has 0 radical (unpaired) electrons. The van der Waals surface area contributed by atoms with Gasteiger partial charge in [-0.3, -0.25) is 15.1 Å². The maximum absolute atomic E-state index is 10.8. The second-order valence-electron chi connectivity index (χ2n) is 4.71. The van der Waals surface area contributed by atoms with Gasteiger partial charge in [-0.1, -0.05) is 0 Å². The Morgan fingerprint density at radius 3 is 2.83 bits per heavy atom. The molecular weight excluding hydrogens is 234 g/mol. The van der Waals surface area contributed by atoms with Crippen LogP contribution in [-0.2, 0) is 0 Å². The molecule has 1 aliphatic rings. The zero-order valence-corrected chi connectivity index (χ0v) is 10.1. The zero-order chi connectivity index (χ0) is 13.0. The lowest BCUT2D eigenvalue weighted by Gasteiger charge is -2.25. The van der Waals surface area contributed by atoms with Crippen LogP contribution in [0.5, 0.6) is 0 Å². The molecule has 18 heavy (non-hydrogen) atoms. The molecule has 98 valence electrons. The van der Waals surface area contributed by atoms with Gasteiger partial charge in [0.1, 0.15) is 11.9 Å². The molecule has 1 aromatic rings. The van der Waals surface area contributed by atoms with Gasteiger partial charge in [-0.2, -0.15) is 0 Å². The Labute approximate surface area is 105 Å². The summed E-state index contributed by atoms with van der Waals surface area (Å²) in [5.74, 6) is 0.473. The van der Waals surface area contributed by atoms with Crippen molar-refractivity contribution in [3.63, 3.8) is 0 Å². The Balaban J connectivity index is 1.92. The first-order valence-electron chi connectivity index (χ1n) is 6.17. The molecule has 1 heterocycles. The van der Waals surface area contributed by atoms with Gasteiger partial charge in [0.15, 0.2) is 0 Å². The average Bonchev–Trinajstić information content (AvgIpc) is 2.38. The number of anilines is 1. The standard InChI is InChI=1S/C12H17N3O3/c16-10-3-1-9(2-4-10)7-14-11-5-6-13-8-12(11)15(17)18/h5-6,8-10,16H,1-4,7H2,(H,13,14). The Morgan fingerprint density at radius 2 is 2.17 bits per heavy atom. The Kier molecular flexibility index (Phi) is 4.09. The lowest BCUT2D eigenvalue weighted by atomic mass is 9.87. The third-order valence-electron chi connectivity index (χ3n) is 3.39. The van der Waals surface area contributed by atoms with Crippen molar-refractivity contribution >= 4 is 11.4 Å². The summed E-state index contributed by atoms with van der Waals surface area (Å²) in [6.45, 7) is 0.706. The number of rotatable bonds is 4. The minimum atomic E-state index is -0.431. The van der Waals surface area contributed by atoms with Crippen LogP contribution in [0.4, 0.5) is 11.4 Å². The summed E-state index contributed by atoms with van der Waals surface area (Å²) < 4.78 is 0. The minimum absolute atomic E-state index is 0.00773. The highest BCUT2D eigenvalue weighted by Gasteiger charge is 2.20.